The lowest BCUT2D eigenvalue weighted by molar-refractivity contribution is -0.122. The van der Waals surface area contributed by atoms with Crippen LogP contribution in [0.4, 0.5) is 11.4 Å². The number of fused-ring (bicyclic) bond motifs is 1. The monoisotopic (exact) mass is 388 g/mol. The van der Waals surface area contributed by atoms with Gasteiger partial charge in [0, 0.05) is 25.0 Å². The molecule has 1 heterocycles. The highest BCUT2D eigenvalue weighted by Crippen LogP contribution is 2.30. The number of nitrogens with one attached hydrogen (secondary N) is 1. The summed E-state index contributed by atoms with van der Waals surface area (Å²) >= 11 is 0. The van der Waals surface area contributed by atoms with Crippen LogP contribution in [0.3, 0.4) is 0 Å². The van der Waals surface area contributed by atoms with Crippen molar-refractivity contribution in [2.24, 2.45) is 0 Å². The zero-order chi connectivity index (χ0) is 19.3. The lowest BCUT2D eigenvalue weighted by Crippen LogP contribution is -2.37. The van der Waals surface area contributed by atoms with E-state index in [1.807, 2.05) is 36.4 Å². The molecule has 2 aromatic rings. The molecule has 2 aromatic carbocycles. The van der Waals surface area contributed by atoms with Gasteiger partial charge in [-0.25, -0.2) is 8.42 Å². The van der Waals surface area contributed by atoms with E-state index in [1.165, 1.54) is 7.11 Å². The summed E-state index contributed by atoms with van der Waals surface area (Å²) in [7, 11) is -1.95. The van der Waals surface area contributed by atoms with Crippen LogP contribution in [-0.2, 0) is 32.4 Å². The molecule has 0 spiro atoms. The van der Waals surface area contributed by atoms with Gasteiger partial charge in [-0.15, -0.1) is 0 Å². The van der Waals surface area contributed by atoms with Crippen LogP contribution in [0.2, 0.25) is 0 Å². The number of methoxy groups -OCH3 is 1. The van der Waals surface area contributed by atoms with Crippen molar-refractivity contribution in [1.29, 1.82) is 0 Å². The molecule has 1 amide bonds. The minimum absolute atomic E-state index is 0.0204. The molecule has 0 bridgehead atoms. The van der Waals surface area contributed by atoms with Crippen LogP contribution in [0.25, 0.3) is 0 Å². The summed E-state index contributed by atoms with van der Waals surface area (Å²) in [5, 5.41) is 0. The normalized spacial score (nSPS) is 13.9. The molecule has 0 aliphatic carbocycles. The van der Waals surface area contributed by atoms with Crippen molar-refractivity contribution in [3.05, 3.63) is 59.7 Å². The van der Waals surface area contributed by atoms with Crippen LogP contribution in [0.5, 0.6) is 0 Å². The molecule has 0 radical (unpaired) electrons. The predicted octanol–water partition coefficient (Wildman–Crippen LogP) is 2.60. The first kappa shape index (κ1) is 19.4. The number of anilines is 2. The van der Waals surface area contributed by atoms with E-state index < -0.39 is 10.0 Å². The van der Waals surface area contributed by atoms with E-state index in [1.54, 1.807) is 17.0 Å². The summed E-state index contributed by atoms with van der Waals surface area (Å²) in [6.07, 6.45) is 2.11. The molecule has 7 heteroatoms. The number of aryl methyl sites for hydroxylation is 2. The Labute approximate surface area is 160 Å². The van der Waals surface area contributed by atoms with Gasteiger partial charge < -0.3 is 9.64 Å². The summed E-state index contributed by atoms with van der Waals surface area (Å²) in [6, 6.07) is 14.9. The van der Waals surface area contributed by atoms with Gasteiger partial charge in [-0.1, -0.05) is 30.3 Å². The Balaban J connectivity index is 1.70. The van der Waals surface area contributed by atoms with Gasteiger partial charge >= 0.3 is 0 Å². The average molecular weight is 388 g/mol. The van der Waals surface area contributed by atoms with E-state index in [9.17, 15) is 13.2 Å². The van der Waals surface area contributed by atoms with Gasteiger partial charge in [0.15, 0.2) is 0 Å². The molecule has 0 aromatic heterocycles. The van der Waals surface area contributed by atoms with E-state index >= 15 is 0 Å². The fourth-order valence-corrected chi connectivity index (χ4v) is 4.34. The van der Waals surface area contributed by atoms with E-state index in [0.29, 0.717) is 18.7 Å². The van der Waals surface area contributed by atoms with Crippen molar-refractivity contribution < 1.29 is 17.9 Å². The maximum absolute atomic E-state index is 12.4. The van der Waals surface area contributed by atoms with Gasteiger partial charge in [-0.05, 0) is 48.6 Å². The Bertz CT molecular complexity index is 897. The van der Waals surface area contributed by atoms with Crippen LogP contribution in [-0.4, -0.2) is 40.3 Å². The third kappa shape index (κ3) is 5.08. The number of amides is 1. The van der Waals surface area contributed by atoms with Crippen molar-refractivity contribution in [3.63, 3.8) is 0 Å². The minimum Gasteiger partial charge on any atom is -0.375 e. The number of nitrogens with zero attached hydrogens (tertiary/aromatic N) is 1. The van der Waals surface area contributed by atoms with Gasteiger partial charge in [0.05, 0.1) is 5.75 Å². The molecule has 1 aliphatic heterocycles. The first-order valence-electron chi connectivity index (χ1n) is 8.95. The SMILES string of the molecule is COCC(=O)N1CCCc2cc(NS(=O)(=O)CCc3ccccc3)ccc21. The summed E-state index contributed by atoms with van der Waals surface area (Å²) in [5.41, 5.74) is 3.31. The molecule has 0 unspecified atom stereocenters. The van der Waals surface area contributed by atoms with Gasteiger partial charge in [0.1, 0.15) is 6.61 Å². The van der Waals surface area contributed by atoms with E-state index in [0.717, 1.165) is 29.7 Å². The molecule has 1 N–H and O–H groups in total. The Morgan fingerprint density at radius 3 is 2.70 bits per heavy atom. The average Bonchev–Trinajstić information content (AvgIpc) is 2.66. The number of hydrogen-bond acceptors (Lipinski definition) is 4. The first-order chi connectivity index (χ1) is 13.0. The highest BCUT2D eigenvalue weighted by Gasteiger charge is 2.23. The number of carbonyl (C=O) groups excluding carboxylic acids is 1. The largest absolute Gasteiger partial charge is 0.375 e. The van der Waals surface area contributed by atoms with Crippen molar-refractivity contribution in [1.82, 2.24) is 0 Å². The lowest BCUT2D eigenvalue weighted by atomic mass is 10.0. The van der Waals surface area contributed by atoms with Crippen molar-refractivity contribution >= 4 is 27.3 Å². The van der Waals surface area contributed by atoms with Crippen molar-refractivity contribution in [2.75, 3.05) is 35.6 Å². The summed E-state index contributed by atoms with van der Waals surface area (Å²) < 4.78 is 32.4. The number of benzene rings is 2. The zero-order valence-corrected chi connectivity index (χ0v) is 16.2. The second-order valence-corrected chi connectivity index (χ2v) is 8.42. The molecule has 0 fully saturated rings. The Kier molecular flexibility index (Phi) is 6.13. The Morgan fingerprint density at radius 1 is 1.19 bits per heavy atom. The van der Waals surface area contributed by atoms with Crippen LogP contribution in [0.1, 0.15) is 17.5 Å². The summed E-state index contributed by atoms with van der Waals surface area (Å²) in [4.78, 5) is 13.9. The molecule has 144 valence electrons. The first-order valence-corrected chi connectivity index (χ1v) is 10.6. The van der Waals surface area contributed by atoms with Gasteiger partial charge in [0.25, 0.3) is 5.91 Å². The molecule has 0 saturated carbocycles. The van der Waals surface area contributed by atoms with Crippen LogP contribution >= 0.6 is 0 Å². The van der Waals surface area contributed by atoms with Gasteiger partial charge in [0.2, 0.25) is 10.0 Å². The van der Waals surface area contributed by atoms with Gasteiger partial charge in [-0.2, -0.15) is 0 Å². The highest BCUT2D eigenvalue weighted by atomic mass is 32.2. The summed E-state index contributed by atoms with van der Waals surface area (Å²) in [6.45, 7) is 0.685. The predicted molar refractivity (Wildman–Crippen MR) is 107 cm³/mol. The number of ether oxygens (including phenoxy) is 1. The third-order valence-electron chi connectivity index (χ3n) is 4.54. The van der Waals surface area contributed by atoms with Crippen LogP contribution in [0.15, 0.2) is 48.5 Å². The van der Waals surface area contributed by atoms with E-state index in [-0.39, 0.29) is 18.3 Å². The smallest absolute Gasteiger partial charge is 0.252 e. The molecule has 1 aliphatic rings. The molecule has 0 atom stereocenters. The van der Waals surface area contributed by atoms with Crippen LogP contribution < -0.4 is 9.62 Å². The van der Waals surface area contributed by atoms with Crippen molar-refractivity contribution in [2.45, 2.75) is 19.3 Å². The Hall–Kier alpha value is -2.38. The highest BCUT2D eigenvalue weighted by molar-refractivity contribution is 7.92. The molecule has 27 heavy (non-hydrogen) atoms. The molecule has 0 saturated heterocycles. The maximum Gasteiger partial charge on any atom is 0.252 e. The standard InChI is InChI=1S/C20H24N2O4S/c1-26-15-20(23)22-12-5-8-17-14-18(9-10-19(17)22)21-27(24,25)13-11-16-6-3-2-4-7-16/h2-4,6-7,9-10,14,21H,5,8,11-13,15H2,1H3. The molecular formula is C20H24N2O4S. The number of carbonyl (C=O) groups is 1. The molecule has 3 rings (SSSR count). The fraction of sp³-hybridized carbons (Fsp3) is 0.350. The van der Waals surface area contributed by atoms with Crippen molar-refractivity contribution in [3.8, 4) is 0 Å². The van der Waals surface area contributed by atoms with Gasteiger partial charge in [-0.3, -0.25) is 9.52 Å². The number of hydrogen-bond donors (Lipinski definition) is 1. The molecule has 6 nitrogen and oxygen atoms in total. The second kappa shape index (κ2) is 8.54. The quantitative estimate of drug-likeness (QED) is 0.791. The lowest BCUT2D eigenvalue weighted by Gasteiger charge is -2.29. The zero-order valence-electron chi connectivity index (χ0n) is 15.3. The maximum atomic E-state index is 12.4. The minimum atomic E-state index is -3.45. The van der Waals surface area contributed by atoms with Crippen LogP contribution in [0, 0.1) is 0 Å². The summed E-state index contributed by atoms with van der Waals surface area (Å²) in [5.74, 6) is -0.0679. The number of rotatable bonds is 7. The molecular weight excluding hydrogens is 364 g/mol. The third-order valence-corrected chi connectivity index (χ3v) is 5.83. The van der Waals surface area contributed by atoms with E-state index in [4.69, 9.17) is 4.74 Å². The second-order valence-electron chi connectivity index (χ2n) is 6.58. The fourth-order valence-electron chi connectivity index (χ4n) is 3.25. The van der Waals surface area contributed by atoms with E-state index in [2.05, 4.69) is 4.72 Å². The topological polar surface area (TPSA) is 75.7 Å². The number of sulfonamides is 1. The Morgan fingerprint density at radius 2 is 1.96 bits per heavy atom.